The summed E-state index contributed by atoms with van der Waals surface area (Å²) in [4.78, 5) is 37.5. The first-order valence-electron chi connectivity index (χ1n) is 7.99. The fourth-order valence-corrected chi connectivity index (χ4v) is 4.52. The zero-order valence-corrected chi connectivity index (χ0v) is 14.9. The van der Waals surface area contributed by atoms with Gasteiger partial charge in [-0.05, 0) is 37.6 Å². The highest BCUT2D eigenvalue weighted by molar-refractivity contribution is 8.01. The number of carbonyl (C=O) groups is 3. The van der Waals surface area contributed by atoms with E-state index in [2.05, 4.69) is 5.32 Å². The maximum absolute atomic E-state index is 12.3. The standard InChI is InChI=1S/C17H20N2O5S/c1-17-8-7-15(21)19(17)13(10-25-17)16(22)24-9-14(20)18-11-3-5-12(23-2)6-4-11/h3-6,13H,7-10H2,1-2H3,(H,18,20)/t13-,17+/m0/s1. The molecule has 7 nitrogen and oxygen atoms in total. The van der Waals surface area contributed by atoms with Crippen molar-refractivity contribution in [1.82, 2.24) is 4.90 Å². The van der Waals surface area contributed by atoms with Gasteiger partial charge in [-0.1, -0.05) is 0 Å². The van der Waals surface area contributed by atoms with Crippen LogP contribution in [0.5, 0.6) is 5.75 Å². The van der Waals surface area contributed by atoms with Gasteiger partial charge in [-0.3, -0.25) is 9.59 Å². The lowest BCUT2D eigenvalue weighted by atomic mass is 10.2. The van der Waals surface area contributed by atoms with E-state index in [0.717, 1.165) is 6.42 Å². The lowest BCUT2D eigenvalue weighted by Gasteiger charge is -2.29. The van der Waals surface area contributed by atoms with Crippen molar-refractivity contribution < 1.29 is 23.9 Å². The van der Waals surface area contributed by atoms with E-state index in [4.69, 9.17) is 9.47 Å². The molecule has 2 atom stereocenters. The van der Waals surface area contributed by atoms with Crippen molar-refractivity contribution in [1.29, 1.82) is 0 Å². The Hall–Kier alpha value is -2.22. The lowest BCUT2D eigenvalue weighted by molar-refractivity contribution is -0.155. The molecule has 3 rings (SSSR count). The van der Waals surface area contributed by atoms with Gasteiger partial charge in [-0.25, -0.2) is 4.79 Å². The minimum atomic E-state index is -0.612. The van der Waals surface area contributed by atoms with Crippen molar-refractivity contribution in [2.75, 3.05) is 24.8 Å². The molecule has 0 bridgehead atoms. The number of benzene rings is 1. The summed E-state index contributed by atoms with van der Waals surface area (Å²) in [5.41, 5.74) is 0.584. The molecule has 0 spiro atoms. The van der Waals surface area contributed by atoms with Crippen molar-refractivity contribution in [3.63, 3.8) is 0 Å². The number of anilines is 1. The van der Waals surface area contributed by atoms with Gasteiger partial charge in [-0.2, -0.15) is 0 Å². The molecule has 2 heterocycles. The second-order valence-electron chi connectivity index (χ2n) is 6.15. The van der Waals surface area contributed by atoms with Gasteiger partial charge in [0.25, 0.3) is 5.91 Å². The zero-order chi connectivity index (χ0) is 18.0. The Morgan fingerprint density at radius 1 is 1.36 bits per heavy atom. The van der Waals surface area contributed by atoms with E-state index >= 15 is 0 Å². The molecule has 1 N–H and O–H groups in total. The molecular formula is C17H20N2O5S. The molecule has 2 fully saturated rings. The van der Waals surface area contributed by atoms with Crippen LogP contribution in [0.4, 0.5) is 5.69 Å². The SMILES string of the molecule is COc1ccc(NC(=O)COC(=O)[C@@H]2CS[C@]3(C)CCC(=O)N23)cc1. The summed E-state index contributed by atoms with van der Waals surface area (Å²) < 4.78 is 10.2. The van der Waals surface area contributed by atoms with E-state index in [0.29, 0.717) is 23.6 Å². The second-order valence-corrected chi connectivity index (χ2v) is 7.65. The van der Waals surface area contributed by atoms with Crippen molar-refractivity contribution in [2.45, 2.75) is 30.7 Å². The Labute approximate surface area is 150 Å². The Kier molecular flexibility index (Phi) is 4.89. The fraction of sp³-hybridized carbons (Fsp3) is 0.471. The van der Waals surface area contributed by atoms with Crippen LogP contribution in [-0.2, 0) is 19.1 Å². The van der Waals surface area contributed by atoms with Crippen LogP contribution in [0.1, 0.15) is 19.8 Å². The van der Waals surface area contributed by atoms with E-state index in [1.165, 1.54) is 0 Å². The monoisotopic (exact) mass is 364 g/mol. The van der Waals surface area contributed by atoms with Gasteiger partial charge >= 0.3 is 5.97 Å². The largest absolute Gasteiger partial charge is 0.497 e. The first kappa shape index (κ1) is 17.6. The van der Waals surface area contributed by atoms with E-state index in [9.17, 15) is 14.4 Å². The van der Waals surface area contributed by atoms with Crippen LogP contribution in [0.3, 0.4) is 0 Å². The molecule has 0 aromatic heterocycles. The van der Waals surface area contributed by atoms with Crippen LogP contribution >= 0.6 is 11.8 Å². The Morgan fingerprint density at radius 3 is 2.76 bits per heavy atom. The minimum Gasteiger partial charge on any atom is -0.497 e. The third kappa shape index (κ3) is 3.58. The molecule has 25 heavy (non-hydrogen) atoms. The van der Waals surface area contributed by atoms with Gasteiger partial charge in [-0.15, -0.1) is 11.8 Å². The number of thioether (sulfide) groups is 1. The molecule has 0 aliphatic carbocycles. The molecule has 1 aromatic rings. The average Bonchev–Trinajstić information content (AvgIpc) is 3.10. The summed E-state index contributed by atoms with van der Waals surface area (Å²) in [5, 5.41) is 2.64. The number of nitrogens with one attached hydrogen (secondary N) is 1. The van der Waals surface area contributed by atoms with Gasteiger partial charge in [0.2, 0.25) is 5.91 Å². The van der Waals surface area contributed by atoms with Crippen molar-refractivity contribution >= 4 is 35.2 Å². The van der Waals surface area contributed by atoms with Crippen LogP contribution in [0.15, 0.2) is 24.3 Å². The maximum atomic E-state index is 12.3. The minimum absolute atomic E-state index is 0.0304. The third-order valence-electron chi connectivity index (χ3n) is 4.44. The first-order chi connectivity index (χ1) is 11.9. The Morgan fingerprint density at radius 2 is 2.08 bits per heavy atom. The first-order valence-corrected chi connectivity index (χ1v) is 8.98. The molecule has 1 aromatic carbocycles. The van der Waals surface area contributed by atoms with E-state index in [1.807, 2.05) is 6.92 Å². The quantitative estimate of drug-likeness (QED) is 0.800. The molecule has 8 heteroatoms. The maximum Gasteiger partial charge on any atom is 0.330 e. The molecule has 2 aliphatic heterocycles. The summed E-state index contributed by atoms with van der Waals surface area (Å²) in [5.74, 6) is 0.191. The molecule has 0 unspecified atom stereocenters. The number of ether oxygens (including phenoxy) is 2. The number of nitrogens with zero attached hydrogens (tertiary/aromatic N) is 1. The molecule has 2 aliphatic rings. The van der Waals surface area contributed by atoms with E-state index in [-0.39, 0.29) is 17.4 Å². The molecule has 134 valence electrons. The summed E-state index contributed by atoms with van der Waals surface area (Å²) in [6, 6.07) is 6.22. The predicted molar refractivity (Wildman–Crippen MR) is 93.3 cm³/mol. The summed E-state index contributed by atoms with van der Waals surface area (Å²) >= 11 is 1.59. The van der Waals surface area contributed by atoms with E-state index in [1.54, 1.807) is 48.0 Å². The van der Waals surface area contributed by atoms with Crippen molar-refractivity contribution in [3.05, 3.63) is 24.3 Å². The number of methoxy groups -OCH3 is 1. The van der Waals surface area contributed by atoms with Gasteiger partial charge in [0.15, 0.2) is 6.61 Å². The summed E-state index contributed by atoms with van der Waals surface area (Å²) in [6.45, 7) is 1.58. The summed E-state index contributed by atoms with van der Waals surface area (Å²) in [6.07, 6.45) is 1.18. The third-order valence-corrected chi connectivity index (χ3v) is 5.94. The highest BCUT2D eigenvalue weighted by Gasteiger charge is 2.53. The van der Waals surface area contributed by atoms with Gasteiger partial charge in [0.1, 0.15) is 11.8 Å². The molecule has 0 saturated carbocycles. The second kappa shape index (κ2) is 6.95. The van der Waals surface area contributed by atoms with Crippen LogP contribution in [0.2, 0.25) is 0 Å². The zero-order valence-electron chi connectivity index (χ0n) is 14.1. The van der Waals surface area contributed by atoms with Crippen molar-refractivity contribution in [3.8, 4) is 5.75 Å². The van der Waals surface area contributed by atoms with Crippen LogP contribution in [-0.4, -0.2) is 53.1 Å². The number of esters is 1. The van der Waals surface area contributed by atoms with Gasteiger partial charge in [0.05, 0.1) is 12.0 Å². The predicted octanol–water partition coefficient (Wildman–Crippen LogP) is 1.63. The number of fused-ring (bicyclic) bond motifs is 1. The van der Waals surface area contributed by atoms with E-state index < -0.39 is 17.9 Å². The molecule has 0 radical (unpaired) electrons. The van der Waals surface area contributed by atoms with Crippen LogP contribution in [0, 0.1) is 0 Å². The number of hydrogen-bond acceptors (Lipinski definition) is 6. The number of amides is 2. The number of hydrogen-bond donors (Lipinski definition) is 1. The fourth-order valence-electron chi connectivity index (χ4n) is 3.10. The Bertz CT molecular complexity index is 693. The average molecular weight is 364 g/mol. The van der Waals surface area contributed by atoms with Crippen LogP contribution in [0.25, 0.3) is 0 Å². The number of rotatable bonds is 5. The van der Waals surface area contributed by atoms with Gasteiger partial charge < -0.3 is 19.7 Å². The van der Waals surface area contributed by atoms with Crippen LogP contribution < -0.4 is 10.1 Å². The highest BCUT2D eigenvalue weighted by atomic mass is 32.2. The van der Waals surface area contributed by atoms with Crippen molar-refractivity contribution in [2.24, 2.45) is 0 Å². The number of carbonyl (C=O) groups excluding carboxylic acids is 3. The molecule has 2 saturated heterocycles. The highest BCUT2D eigenvalue weighted by Crippen LogP contribution is 2.47. The van der Waals surface area contributed by atoms with Gasteiger partial charge in [0, 0.05) is 17.9 Å². The topological polar surface area (TPSA) is 84.9 Å². The lowest BCUT2D eigenvalue weighted by Crippen LogP contribution is -2.47. The molecular weight excluding hydrogens is 344 g/mol. The summed E-state index contributed by atoms with van der Waals surface area (Å²) in [7, 11) is 1.56. The Balaban J connectivity index is 1.52. The smallest absolute Gasteiger partial charge is 0.330 e. The normalized spacial score (nSPS) is 24.8. The molecule has 2 amide bonds.